The number of benzene rings is 1. The van der Waals surface area contributed by atoms with Crippen molar-refractivity contribution in [2.75, 3.05) is 6.67 Å². The first-order valence-corrected chi connectivity index (χ1v) is 6.12. The molecule has 0 saturated heterocycles. The molecule has 0 aliphatic rings. The molecule has 6 heteroatoms. The summed E-state index contributed by atoms with van der Waals surface area (Å²) in [5, 5.41) is 0.256. The number of carbonyl (C=O) groups is 1. The maximum Gasteiger partial charge on any atom is 0.454 e. The van der Waals surface area contributed by atoms with Gasteiger partial charge in [0.05, 0.1) is 17.8 Å². The first kappa shape index (κ1) is 14.6. The third kappa shape index (κ3) is 2.55. The van der Waals surface area contributed by atoms with Gasteiger partial charge in [0.25, 0.3) is 5.78 Å². The molecule has 0 N–H and O–H groups in total. The highest BCUT2D eigenvalue weighted by atomic mass is 19.4. The molecule has 108 valence electrons. The minimum Gasteiger partial charge on any atom is -0.346 e. The number of fused-ring (bicyclic) bond motifs is 1. The molecule has 0 unspecified atom stereocenters. The highest BCUT2D eigenvalue weighted by molar-refractivity contribution is 6.11. The summed E-state index contributed by atoms with van der Waals surface area (Å²) in [5.41, 5.74) is 0.922. The van der Waals surface area contributed by atoms with E-state index < -0.39 is 18.6 Å². The predicted molar refractivity (Wildman–Crippen MR) is 67.7 cm³/mol. The fourth-order valence-corrected chi connectivity index (χ4v) is 2.29. The van der Waals surface area contributed by atoms with Gasteiger partial charge in [0.15, 0.2) is 0 Å². The second-order valence-corrected chi connectivity index (χ2v) is 4.58. The van der Waals surface area contributed by atoms with Crippen molar-refractivity contribution in [1.82, 2.24) is 4.57 Å². The smallest absolute Gasteiger partial charge is 0.346 e. The lowest BCUT2D eigenvalue weighted by molar-refractivity contribution is -0.0884. The molecule has 1 aromatic heterocycles. The maximum absolute atomic E-state index is 12.6. The Labute approximate surface area is 113 Å². The second kappa shape index (κ2) is 5.26. The van der Waals surface area contributed by atoms with E-state index in [4.69, 9.17) is 0 Å². The molecule has 0 saturated carbocycles. The van der Waals surface area contributed by atoms with Gasteiger partial charge >= 0.3 is 6.18 Å². The molecule has 0 fully saturated rings. The zero-order valence-corrected chi connectivity index (χ0v) is 10.8. The molecule has 2 nitrogen and oxygen atoms in total. The van der Waals surface area contributed by atoms with Crippen LogP contribution in [0.25, 0.3) is 10.9 Å². The Morgan fingerprint density at radius 1 is 1.30 bits per heavy atom. The van der Waals surface area contributed by atoms with Crippen LogP contribution in [0, 0.1) is 6.92 Å². The summed E-state index contributed by atoms with van der Waals surface area (Å²) < 4.78 is 51.6. The number of aromatic nitrogens is 1. The van der Waals surface area contributed by atoms with E-state index in [1.165, 1.54) is 16.8 Å². The maximum atomic E-state index is 12.6. The Bertz CT molecular complexity index is 642. The second-order valence-electron chi connectivity index (χ2n) is 4.58. The Balaban J connectivity index is 2.62. The summed E-state index contributed by atoms with van der Waals surface area (Å²) in [6.45, 7) is 1.42. The first-order valence-electron chi connectivity index (χ1n) is 6.12. The quantitative estimate of drug-likeness (QED) is 0.614. The normalized spacial score (nSPS) is 12.1. The van der Waals surface area contributed by atoms with E-state index in [-0.39, 0.29) is 23.9 Å². The van der Waals surface area contributed by atoms with Gasteiger partial charge in [-0.15, -0.1) is 0 Å². The predicted octanol–water partition coefficient (Wildman–Crippen LogP) is 4.05. The Hall–Kier alpha value is -1.85. The Morgan fingerprint density at radius 3 is 2.60 bits per heavy atom. The lowest BCUT2D eigenvalue weighted by Gasteiger charge is -2.05. The number of carbonyl (C=O) groups excluding carboxylic acids is 1. The first-order chi connectivity index (χ1) is 9.36. The number of aryl methyl sites for hydroxylation is 2. The van der Waals surface area contributed by atoms with Gasteiger partial charge in [-0.3, -0.25) is 9.18 Å². The van der Waals surface area contributed by atoms with Crippen LogP contribution in [0.2, 0.25) is 0 Å². The minimum absolute atomic E-state index is 0.192. The van der Waals surface area contributed by atoms with E-state index in [9.17, 15) is 22.4 Å². The fourth-order valence-electron chi connectivity index (χ4n) is 2.29. The van der Waals surface area contributed by atoms with Gasteiger partial charge in [0, 0.05) is 18.1 Å². The van der Waals surface area contributed by atoms with Crippen LogP contribution < -0.4 is 0 Å². The van der Waals surface area contributed by atoms with Gasteiger partial charge in [-0.05, 0) is 18.9 Å². The number of para-hydroxylation sites is 1. The monoisotopic (exact) mass is 287 g/mol. The van der Waals surface area contributed by atoms with Crippen molar-refractivity contribution in [2.24, 2.45) is 0 Å². The lowest BCUT2D eigenvalue weighted by Crippen LogP contribution is -2.22. The van der Waals surface area contributed by atoms with E-state index in [2.05, 4.69) is 0 Å². The molecule has 0 aliphatic carbocycles. The Kier molecular flexibility index (Phi) is 3.83. The van der Waals surface area contributed by atoms with Crippen LogP contribution in [0.15, 0.2) is 24.4 Å². The van der Waals surface area contributed by atoms with Crippen molar-refractivity contribution in [2.45, 2.75) is 26.1 Å². The zero-order chi connectivity index (χ0) is 14.9. The summed E-state index contributed by atoms with van der Waals surface area (Å²) in [7, 11) is 0. The summed E-state index contributed by atoms with van der Waals surface area (Å²) in [6, 6.07) is 4.83. The number of alkyl halides is 4. The van der Waals surface area contributed by atoms with Crippen LogP contribution in [0.1, 0.15) is 22.3 Å². The average molecular weight is 287 g/mol. The van der Waals surface area contributed by atoms with E-state index in [0.717, 1.165) is 5.56 Å². The number of hydrogen-bond acceptors (Lipinski definition) is 1. The van der Waals surface area contributed by atoms with Gasteiger partial charge in [0.2, 0.25) is 0 Å². The molecular weight excluding hydrogens is 274 g/mol. The molecule has 0 aliphatic heterocycles. The molecule has 0 bridgehead atoms. The number of nitrogens with zero attached hydrogens (tertiary/aromatic N) is 1. The van der Waals surface area contributed by atoms with Crippen molar-refractivity contribution in [3.63, 3.8) is 0 Å². The lowest BCUT2D eigenvalue weighted by atomic mass is 10.1. The topological polar surface area (TPSA) is 22.0 Å². The number of ketones is 1. The SMILES string of the molecule is Cc1cccc2c(C(=O)C(F)(F)F)cn(CCCF)c12. The van der Waals surface area contributed by atoms with E-state index in [1.54, 1.807) is 19.1 Å². The molecular formula is C14H13F4NO. The average Bonchev–Trinajstić information content (AvgIpc) is 2.74. The van der Waals surface area contributed by atoms with Crippen molar-refractivity contribution in [3.05, 3.63) is 35.5 Å². The van der Waals surface area contributed by atoms with Gasteiger partial charge in [-0.2, -0.15) is 13.2 Å². The third-order valence-corrected chi connectivity index (χ3v) is 3.13. The van der Waals surface area contributed by atoms with Crippen molar-refractivity contribution in [3.8, 4) is 0 Å². The van der Waals surface area contributed by atoms with Crippen LogP contribution in [0.3, 0.4) is 0 Å². The van der Waals surface area contributed by atoms with Gasteiger partial charge in [-0.1, -0.05) is 18.2 Å². The highest BCUT2D eigenvalue weighted by Crippen LogP contribution is 2.30. The van der Waals surface area contributed by atoms with Crippen LogP contribution in [0.4, 0.5) is 17.6 Å². The van der Waals surface area contributed by atoms with Gasteiger partial charge < -0.3 is 4.57 Å². The minimum atomic E-state index is -4.91. The van der Waals surface area contributed by atoms with Crippen molar-refractivity contribution < 1.29 is 22.4 Å². The third-order valence-electron chi connectivity index (χ3n) is 3.13. The molecule has 0 spiro atoms. The van der Waals surface area contributed by atoms with E-state index in [0.29, 0.717) is 5.52 Å². The summed E-state index contributed by atoms with van der Waals surface area (Å²) in [4.78, 5) is 11.5. The fraction of sp³-hybridized carbons (Fsp3) is 0.357. The molecule has 0 radical (unpaired) electrons. The molecule has 2 aromatic rings. The largest absolute Gasteiger partial charge is 0.454 e. The number of halogens is 4. The van der Waals surface area contributed by atoms with Crippen molar-refractivity contribution >= 4 is 16.7 Å². The van der Waals surface area contributed by atoms with Gasteiger partial charge in [-0.25, -0.2) is 0 Å². The number of Topliss-reactive ketones (excluding diaryl/α,β-unsaturated/α-hetero) is 1. The molecule has 1 heterocycles. The Morgan fingerprint density at radius 2 is 2.00 bits per heavy atom. The highest BCUT2D eigenvalue weighted by Gasteiger charge is 2.40. The number of rotatable bonds is 4. The summed E-state index contributed by atoms with van der Waals surface area (Å²) in [5.74, 6) is -1.87. The van der Waals surface area contributed by atoms with E-state index >= 15 is 0 Å². The molecule has 0 atom stereocenters. The molecule has 2 rings (SSSR count). The van der Waals surface area contributed by atoms with Crippen LogP contribution in [-0.2, 0) is 6.54 Å². The zero-order valence-electron chi connectivity index (χ0n) is 10.8. The van der Waals surface area contributed by atoms with Crippen LogP contribution in [0.5, 0.6) is 0 Å². The van der Waals surface area contributed by atoms with E-state index in [1.807, 2.05) is 0 Å². The standard InChI is InChI=1S/C14H13F4NO/c1-9-4-2-5-10-11(13(20)14(16,17)18)8-19(12(9)10)7-3-6-15/h2,4-5,8H,3,6-7H2,1H3. The number of hydrogen-bond donors (Lipinski definition) is 0. The van der Waals surface area contributed by atoms with Gasteiger partial charge in [0.1, 0.15) is 0 Å². The summed E-state index contributed by atoms with van der Waals surface area (Å²) >= 11 is 0. The molecule has 0 amide bonds. The molecule has 20 heavy (non-hydrogen) atoms. The van der Waals surface area contributed by atoms with Crippen molar-refractivity contribution in [1.29, 1.82) is 0 Å². The summed E-state index contributed by atoms with van der Waals surface area (Å²) in [6.07, 6.45) is -3.55. The van der Waals surface area contributed by atoms with Crippen LogP contribution in [-0.4, -0.2) is 23.2 Å². The molecule has 1 aromatic carbocycles. The van der Waals surface area contributed by atoms with Crippen LogP contribution >= 0.6 is 0 Å².